The van der Waals surface area contributed by atoms with Gasteiger partial charge in [0.15, 0.2) is 0 Å². The molecule has 4 aliphatic rings. The van der Waals surface area contributed by atoms with Gasteiger partial charge in [-0.15, -0.1) is 11.3 Å². The highest BCUT2D eigenvalue weighted by Gasteiger charge is 2.56. The Bertz CT molecular complexity index is 2690. The van der Waals surface area contributed by atoms with E-state index in [9.17, 15) is 19.2 Å². The van der Waals surface area contributed by atoms with Gasteiger partial charge in [-0.2, -0.15) is 0 Å². The molecule has 2 N–H and O–H groups in total. The van der Waals surface area contributed by atoms with Gasteiger partial charge >= 0.3 is 12.0 Å². The lowest BCUT2D eigenvalue weighted by Gasteiger charge is -2.45. The third-order valence-electron chi connectivity index (χ3n) is 14.5. The smallest absolute Gasteiger partial charge is 0.324 e. The Hall–Kier alpha value is -5.83. The number of ether oxygens (including phenoxy) is 2. The molecule has 8 rings (SSSR count). The van der Waals surface area contributed by atoms with E-state index in [2.05, 4.69) is 72.2 Å². The molecule has 0 spiro atoms. The molecule has 3 aromatic heterocycles. The fourth-order valence-electron chi connectivity index (χ4n) is 10.4. The van der Waals surface area contributed by atoms with Crippen molar-refractivity contribution in [3.63, 3.8) is 0 Å². The van der Waals surface area contributed by atoms with Gasteiger partial charge in [0.2, 0.25) is 11.8 Å². The molecular formula is C52H67N9O7S. The van der Waals surface area contributed by atoms with E-state index in [4.69, 9.17) is 19.4 Å². The first-order chi connectivity index (χ1) is 32.9. The number of aryl methyl sites for hydroxylation is 1. The number of fused-ring (bicyclic) bond motifs is 6. The molecule has 368 valence electrons. The lowest BCUT2D eigenvalue weighted by Crippen LogP contribution is -2.64. The molecule has 4 aromatic rings. The van der Waals surface area contributed by atoms with Crippen LogP contribution in [-0.2, 0) is 48.0 Å². The third-order valence-corrected chi connectivity index (χ3v) is 15.4. The number of nitrogens with zero attached hydrogens (tertiary/aromatic N) is 7. The lowest BCUT2D eigenvalue weighted by molar-refractivity contribution is -0.156. The van der Waals surface area contributed by atoms with Gasteiger partial charge in [-0.05, 0) is 94.5 Å². The van der Waals surface area contributed by atoms with Crippen LogP contribution in [0, 0.1) is 29.1 Å². The molecule has 69 heavy (non-hydrogen) atoms. The number of likely N-dealkylation sites (tertiary alicyclic amines) is 1. The van der Waals surface area contributed by atoms with Gasteiger partial charge in [-0.3, -0.25) is 29.2 Å². The van der Waals surface area contributed by atoms with Crippen molar-refractivity contribution in [1.82, 2.24) is 45.0 Å². The van der Waals surface area contributed by atoms with Crippen molar-refractivity contribution in [3.8, 4) is 34.4 Å². The zero-order valence-corrected chi connectivity index (χ0v) is 42.5. The van der Waals surface area contributed by atoms with E-state index in [0.717, 1.165) is 49.7 Å². The average molecular weight is 962 g/mol. The minimum atomic E-state index is -0.920. The van der Waals surface area contributed by atoms with Gasteiger partial charge < -0.3 is 34.1 Å². The Balaban J connectivity index is 1.14. The van der Waals surface area contributed by atoms with Crippen molar-refractivity contribution in [1.29, 1.82) is 0 Å². The molecule has 16 nitrogen and oxygen atoms in total. The highest BCUT2D eigenvalue weighted by Crippen LogP contribution is 2.46. The number of hydrazine groups is 1. The summed E-state index contributed by atoms with van der Waals surface area (Å²) in [6, 6.07) is 8.36. The van der Waals surface area contributed by atoms with E-state index >= 15 is 4.79 Å². The monoisotopic (exact) mass is 961 g/mol. The maximum absolute atomic E-state index is 15.0. The summed E-state index contributed by atoms with van der Waals surface area (Å²) >= 11 is 1.48. The molecule has 4 atom stereocenters. The highest BCUT2D eigenvalue weighted by molar-refractivity contribution is 7.10. The van der Waals surface area contributed by atoms with Crippen LogP contribution in [0.2, 0.25) is 0 Å². The quantitative estimate of drug-likeness (QED) is 0.137. The van der Waals surface area contributed by atoms with Gasteiger partial charge in [0.25, 0.3) is 5.91 Å². The summed E-state index contributed by atoms with van der Waals surface area (Å²) in [7, 11) is 5.00. The molecule has 3 aliphatic heterocycles. The molecular weight excluding hydrogens is 895 g/mol. The first-order valence-electron chi connectivity index (χ1n) is 24.3. The van der Waals surface area contributed by atoms with E-state index in [1.165, 1.54) is 16.2 Å². The Kier molecular flexibility index (Phi) is 14.3. The topological polar surface area (TPSA) is 172 Å². The number of aromatic nitrogens is 3. The van der Waals surface area contributed by atoms with E-state index in [0.29, 0.717) is 58.3 Å². The number of carbonyl (C=O) groups is 5. The highest BCUT2D eigenvalue weighted by atomic mass is 32.1. The third kappa shape index (κ3) is 9.85. The van der Waals surface area contributed by atoms with Crippen molar-refractivity contribution in [3.05, 3.63) is 58.2 Å². The number of likely N-dealkylation sites (N-methyl/N-ethyl adjacent to an activating group) is 2. The second kappa shape index (κ2) is 19.9. The first kappa shape index (κ1) is 49.6. The predicted octanol–water partition coefficient (Wildman–Crippen LogP) is 6.23. The van der Waals surface area contributed by atoms with Crippen molar-refractivity contribution in [2.75, 3.05) is 47.4 Å². The van der Waals surface area contributed by atoms with Crippen LogP contribution in [0.4, 0.5) is 4.79 Å². The standard InChI is InChI=1S/C52H67N9O7S/c1-11-15-43(62)59-27-34(28-59)57(8)50(66)58(9)45(31(3)4)47(63)55-52(20-21-52)38-25-42-54-40(29-69-42)33-18-19-41-36(24-33)37(46(60(41)12-2)35-16-13-22-53-44(35)32(5)67-10)26-51(6,7)30-68-49(65)39-17-14-23-61(56-39)48(38)64/h13,16,18-19,22,24,29,31-32,34,38-39,45,56H,12,14,17,20-21,23,25-28,30H2,1-10H3,(H,55,63)/t32-,38?,39-,45-/m0/s1. The van der Waals surface area contributed by atoms with Gasteiger partial charge in [0, 0.05) is 92.8 Å². The minimum absolute atomic E-state index is 0.147. The van der Waals surface area contributed by atoms with Crippen LogP contribution in [0.25, 0.3) is 33.4 Å². The number of cyclic esters (lactones) is 1. The number of hydrogen-bond donors (Lipinski definition) is 2. The summed E-state index contributed by atoms with van der Waals surface area (Å²) < 4.78 is 14.3. The Morgan fingerprint density at radius 3 is 2.55 bits per heavy atom. The van der Waals surface area contributed by atoms with E-state index in [1.54, 1.807) is 49.1 Å². The van der Waals surface area contributed by atoms with Crippen LogP contribution in [0.3, 0.4) is 0 Å². The number of carbonyl (C=O) groups excluding carboxylic acids is 5. The van der Waals surface area contributed by atoms with Crippen LogP contribution >= 0.6 is 11.3 Å². The number of methoxy groups -OCH3 is 1. The lowest BCUT2D eigenvalue weighted by atomic mass is 9.84. The van der Waals surface area contributed by atoms with Crippen molar-refractivity contribution in [2.24, 2.45) is 17.3 Å². The van der Waals surface area contributed by atoms with Crippen molar-refractivity contribution >= 4 is 52.0 Å². The zero-order valence-electron chi connectivity index (χ0n) is 41.7. The molecule has 6 bridgehead atoms. The maximum atomic E-state index is 15.0. The number of esters is 1. The fraction of sp³-hybridized carbons (Fsp3) is 0.558. The second-order valence-electron chi connectivity index (χ2n) is 20.3. The van der Waals surface area contributed by atoms with Crippen molar-refractivity contribution in [2.45, 2.75) is 123 Å². The molecule has 1 unspecified atom stereocenters. The van der Waals surface area contributed by atoms with Crippen LogP contribution < -0.4 is 10.7 Å². The predicted molar refractivity (Wildman–Crippen MR) is 264 cm³/mol. The molecule has 0 radical (unpaired) electrons. The first-order valence-corrected chi connectivity index (χ1v) is 25.1. The van der Waals surface area contributed by atoms with Gasteiger partial charge in [-0.1, -0.05) is 39.7 Å². The minimum Gasteiger partial charge on any atom is -0.464 e. The molecule has 5 amide bonds. The largest absolute Gasteiger partial charge is 0.464 e. The summed E-state index contributed by atoms with van der Waals surface area (Å²) in [5, 5.41) is 8.70. The van der Waals surface area contributed by atoms with Crippen LogP contribution in [0.5, 0.6) is 0 Å². The Morgan fingerprint density at radius 1 is 1.12 bits per heavy atom. The number of urea groups is 1. The number of rotatable bonds is 10. The number of pyridine rings is 1. The second-order valence-corrected chi connectivity index (χ2v) is 21.3. The van der Waals surface area contributed by atoms with Crippen LogP contribution in [-0.4, -0.2) is 135 Å². The summed E-state index contributed by atoms with van der Waals surface area (Å²) in [5.41, 5.74) is 8.60. The molecule has 6 heterocycles. The molecule has 17 heteroatoms. The summed E-state index contributed by atoms with van der Waals surface area (Å²) in [4.78, 5) is 84.5. The number of thiazole rings is 1. The Morgan fingerprint density at radius 2 is 1.87 bits per heavy atom. The molecule has 1 saturated carbocycles. The van der Waals surface area contributed by atoms with E-state index in [-0.39, 0.29) is 54.8 Å². The fourth-order valence-corrected chi connectivity index (χ4v) is 11.2. The normalized spacial score (nSPS) is 21.0. The van der Waals surface area contributed by atoms with Gasteiger partial charge in [-0.25, -0.2) is 15.2 Å². The Labute approximate surface area is 409 Å². The molecule has 1 aliphatic carbocycles. The number of nitrogens with one attached hydrogen (secondary N) is 2. The maximum Gasteiger partial charge on any atom is 0.324 e. The van der Waals surface area contributed by atoms with E-state index in [1.807, 2.05) is 32.2 Å². The molecule has 3 fully saturated rings. The summed E-state index contributed by atoms with van der Waals surface area (Å²) in [6.45, 7) is 15.7. The summed E-state index contributed by atoms with van der Waals surface area (Å²) in [6.07, 6.45) is 4.56. The molecule has 1 aromatic carbocycles. The van der Waals surface area contributed by atoms with Crippen LogP contribution in [0.1, 0.15) is 96.5 Å². The SMILES string of the molecule is CC#CC(=O)N1CC(N(C)C(=O)N(C)[C@H](C(=O)NC2(C3Cc4nc(cs4)-c4ccc5c(c4)c(c(-c4cccnc4[C@H](C)OC)n5CC)CC(C)(C)COC(=O)[C@@H]4CCCN(N4)C3=O)CC2)C(C)C)C1. The number of amides is 5. The van der Waals surface area contributed by atoms with Crippen molar-refractivity contribution < 1.29 is 33.4 Å². The average Bonchev–Trinajstić information content (AvgIpc) is 3.81. The van der Waals surface area contributed by atoms with Crippen LogP contribution in [0.15, 0.2) is 41.9 Å². The zero-order chi connectivity index (χ0) is 49.5. The van der Waals surface area contributed by atoms with Gasteiger partial charge in [0.1, 0.15) is 12.1 Å². The number of benzene rings is 1. The summed E-state index contributed by atoms with van der Waals surface area (Å²) in [5.74, 6) is 2.88. The van der Waals surface area contributed by atoms with Gasteiger partial charge in [0.05, 0.1) is 52.3 Å². The number of hydrogen-bond acceptors (Lipinski definition) is 11. The van der Waals surface area contributed by atoms with E-state index < -0.39 is 34.9 Å². The molecule has 2 saturated heterocycles.